The molecule has 0 N–H and O–H groups in total. The molecule has 10 aromatic carbocycles. The Balaban J connectivity index is 0.000000304. The molecule has 0 nitrogen and oxygen atoms in total. The second-order valence-electron chi connectivity index (χ2n) is 31.7. The quantitative estimate of drug-likeness (QED) is 0.108. The number of rotatable bonds is 13. The van der Waals surface area contributed by atoms with Crippen molar-refractivity contribution in [3.8, 4) is 22.3 Å². The van der Waals surface area contributed by atoms with Crippen LogP contribution in [0.4, 0.5) is 0 Å². The minimum atomic E-state index is 0.274. The lowest BCUT2D eigenvalue weighted by molar-refractivity contribution is 0.585. The third kappa shape index (κ3) is 31.8. The van der Waals surface area contributed by atoms with Crippen molar-refractivity contribution >= 4 is 0 Å². The maximum Gasteiger partial charge on any atom is -0.0129 e. The molecule has 548 valence electrons. The Morgan fingerprint density at radius 2 is 0.608 bits per heavy atom. The maximum atomic E-state index is 2.33. The van der Waals surface area contributed by atoms with Crippen molar-refractivity contribution in [3.05, 3.63) is 327 Å². The lowest BCUT2D eigenvalue weighted by Crippen LogP contribution is -2.13. The molecule has 0 bridgehead atoms. The number of aryl methyl sites for hydroxylation is 21. The number of hydrogen-bond donors (Lipinski definition) is 0. The molecule has 0 fully saturated rings. The van der Waals surface area contributed by atoms with E-state index in [4.69, 9.17) is 0 Å². The first-order valence-corrected chi connectivity index (χ1v) is 38.7. The first-order valence-electron chi connectivity index (χ1n) is 38.7. The molecule has 0 amide bonds. The van der Waals surface area contributed by atoms with Crippen LogP contribution in [-0.4, -0.2) is 0 Å². The molecule has 0 aliphatic rings. The van der Waals surface area contributed by atoms with E-state index in [1.54, 1.807) is 0 Å². The fourth-order valence-electron chi connectivity index (χ4n) is 13.1. The summed E-state index contributed by atoms with van der Waals surface area (Å²) in [5.41, 5.74) is 40.7. The van der Waals surface area contributed by atoms with Crippen molar-refractivity contribution in [1.29, 1.82) is 0 Å². The molecule has 0 aromatic heterocycles. The highest BCUT2D eigenvalue weighted by atomic mass is 14.2. The molecule has 1 unspecified atom stereocenters. The zero-order chi connectivity index (χ0) is 76.6. The van der Waals surface area contributed by atoms with E-state index in [9.17, 15) is 0 Å². The van der Waals surface area contributed by atoms with E-state index in [2.05, 4.69) is 396 Å². The Bertz CT molecular complexity index is 4060. The summed E-state index contributed by atoms with van der Waals surface area (Å²) >= 11 is 0. The van der Waals surface area contributed by atoms with Crippen LogP contribution < -0.4 is 0 Å². The molecule has 0 saturated carbocycles. The monoisotopic (exact) mass is 1370 g/mol. The van der Waals surface area contributed by atoms with E-state index >= 15 is 0 Å². The molecule has 0 saturated heterocycles. The zero-order valence-corrected chi connectivity index (χ0v) is 70.3. The molecule has 0 heterocycles. The van der Waals surface area contributed by atoms with Crippen molar-refractivity contribution < 1.29 is 0 Å². The number of benzene rings is 10. The van der Waals surface area contributed by atoms with Gasteiger partial charge >= 0.3 is 0 Å². The second kappa shape index (κ2) is 44.7. The fourth-order valence-corrected chi connectivity index (χ4v) is 13.1. The van der Waals surface area contributed by atoms with Crippen LogP contribution in [0.3, 0.4) is 0 Å². The highest BCUT2D eigenvalue weighted by Crippen LogP contribution is 2.30. The van der Waals surface area contributed by atoms with E-state index in [1.807, 2.05) is 0 Å². The van der Waals surface area contributed by atoms with Crippen molar-refractivity contribution in [1.82, 2.24) is 0 Å². The average molecular weight is 1370 g/mol. The van der Waals surface area contributed by atoms with E-state index in [-0.39, 0.29) is 5.41 Å². The van der Waals surface area contributed by atoms with Gasteiger partial charge in [0.25, 0.3) is 0 Å². The highest BCUT2D eigenvalue weighted by molar-refractivity contribution is 5.71. The molecule has 10 aromatic rings. The number of hydrogen-bond acceptors (Lipinski definition) is 0. The van der Waals surface area contributed by atoms with Gasteiger partial charge in [-0.3, -0.25) is 0 Å². The molecular formula is C102H140. The third-order valence-electron chi connectivity index (χ3n) is 19.2. The first-order chi connectivity index (χ1) is 48.0. The third-order valence-corrected chi connectivity index (χ3v) is 19.2. The molecule has 0 aliphatic heterocycles. The van der Waals surface area contributed by atoms with Crippen LogP contribution >= 0.6 is 0 Å². The van der Waals surface area contributed by atoms with Gasteiger partial charge in [-0.2, -0.15) is 0 Å². The summed E-state index contributed by atoms with van der Waals surface area (Å²) in [6.07, 6.45) is 10.1. The smallest absolute Gasteiger partial charge is 0.0129 e. The molecule has 1 atom stereocenters. The van der Waals surface area contributed by atoms with Crippen molar-refractivity contribution in [3.63, 3.8) is 0 Å². The first kappa shape index (κ1) is 88.4. The maximum absolute atomic E-state index is 2.33. The van der Waals surface area contributed by atoms with E-state index < -0.39 is 0 Å². The summed E-state index contributed by atoms with van der Waals surface area (Å²) in [5, 5.41) is 0. The summed E-state index contributed by atoms with van der Waals surface area (Å²) in [6, 6.07) is 68.8. The molecule has 102 heavy (non-hydrogen) atoms. The minimum Gasteiger partial charge on any atom is -0.0654 e. The summed E-state index contributed by atoms with van der Waals surface area (Å²) in [6.45, 7) is 66.0. The molecule has 0 heteroatoms. The standard InChI is InChI=1S/C16H18.C15H16.C13H20.3C12H18.2C11H16/c1-11-5-7-15(13(3)9-11)16-8-6-12(2)10-14(16)4;1-11-4-7-14(8-5-11)15-9-6-12(2)10-13(15)3;1-5-6-11(3)13-9-10(2)7-8-12(13)4;1-9-6-7-10(2)11(8-9)12(3,4)5;1-9(2)7-12-8-10(3)5-6-11(12)4;1-4-5-6-12-9-10(2)7-8-11(12)3;1-8(2)11-7-9(3)5-6-10(11)4;1-4-5-11-8-9(2)6-7-10(11)3/h5-10H,1-4H3;4-10H,1-3H3;7-9,11H,5-6H2,1-4H3;6-8H,1-5H3;5-6,8-9H,7H2,1-4H3;7-9H,4-6H2,1-3H3;5-8H,1-4H3;6-8H,4-5H2,1-3H3. The predicted octanol–water partition coefficient (Wildman–Crippen LogP) is 30.5. The molecule has 0 aliphatic carbocycles. The summed E-state index contributed by atoms with van der Waals surface area (Å²) in [5.74, 6) is 2.12. The van der Waals surface area contributed by atoms with Crippen LogP contribution in [0.2, 0.25) is 0 Å². The van der Waals surface area contributed by atoms with Crippen LogP contribution in [0.25, 0.3) is 22.3 Å². The summed E-state index contributed by atoms with van der Waals surface area (Å²) in [7, 11) is 0. The van der Waals surface area contributed by atoms with Gasteiger partial charge in [0.15, 0.2) is 0 Å². The Labute approximate surface area is 627 Å². The fraction of sp³-hybridized carbons (Fsp3) is 0.412. The Hall–Kier alpha value is -7.80. The topological polar surface area (TPSA) is 0 Å². The van der Waals surface area contributed by atoms with E-state index in [1.165, 1.54) is 213 Å². The number of unbranched alkanes of at least 4 members (excludes halogenated alkanes) is 1. The summed E-state index contributed by atoms with van der Waals surface area (Å²) < 4.78 is 0. The summed E-state index contributed by atoms with van der Waals surface area (Å²) in [4.78, 5) is 0. The van der Waals surface area contributed by atoms with Gasteiger partial charge in [-0.25, -0.2) is 0 Å². The predicted molar refractivity (Wildman–Crippen MR) is 460 cm³/mol. The van der Waals surface area contributed by atoms with Crippen molar-refractivity contribution in [2.75, 3.05) is 0 Å². The SMILES string of the molecule is CCCC(C)c1cc(C)ccc1C.CCCCc1cc(C)ccc1C.CCCc1cc(C)ccc1C.Cc1ccc(-c2ccc(C)cc2C)c(C)c1.Cc1ccc(-c2ccc(C)cc2C)cc1.Cc1ccc(C)c(C(C)(C)C)c1.Cc1ccc(C)c(C(C)C)c1.Cc1ccc(C)c(CC(C)C)c1. The Morgan fingerprint density at radius 1 is 0.275 bits per heavy atom. The highest BCUT2D eigenvalue weighted by Gasteiger charge is 2.16. The van der Waals surface area contributed by atoms with Crippen LogP contribution in [0.5, 0.6) is 0 Å². The van der Waals surface area contributed by atoms with Gasteiger partial charge in [-0.1, -0.05) is 339 Å². The van der Waals surface area contributed by atoms with Crippen LogP contribution in [0.1, 0.15) is 259 Å². The largest absolute Gasteiger partial charge is 0.0654 e. The Morgan fingerprint density at radius 3 is 0.980 bits per heavy atom. The normalized spacial score (nSPS) is 10.9. The zero-order valence-electron chi connectivity index (χ0n) is 70.3. The van der Waals surface area contributed by atoms with Gasteiger partial charge in [0.05, 0.1) is 0 Å². The lowest BCUT2D eigenvalue weighted by Gasteiger charge is -2.22. The molecule has 0 radical (unpaired) electrons. The van der Waals surface area contributed by atoms with Crippen LogP contribution in [-0.2, 0) is 24.7 Å². The van der Waals surface area contributed by atoms with Gasteiger partial charge in [0.1, 0.15) is 0 Å². The average Bonchev–Trinajstić information content (AvgIpc) is 0.824. The van der Waals surface area contributed by atoms with E-state index in [0.717, 1.165) is 5.92 Å². The van der Waals surface area contributed by atoms with Gasteiger partial charge in [0.2, 0.25) is 0 Å². The second-order valence-corrected chi connectivity index (χ2v) is 31.7. The van der Waals surface area contributed by atoms with Gasteiger partial charge in [0, 0.05) is 0 Å². The van der Waals surface area contributed by atoms with E-state index in [0.29, 0.717) is 11.8 Å². The van der Waals surface area contributed by atoms with Gasteiger partial charge in [-0.15, -0.1) is 0 Å². The minimum absolute atomic E-state index is 0.274. The van der Waals surface area contributed by atoms with Crippen molar-refractivity contribution in [2.24, 2.45) is 5.92 Å². The molecular weight excluding hydrogens is 1230 g/mol. The van der Waals surface area contributed by atoms with Crippen LogP contribution in [0.15, 0.2) is 188 Å². The van der Waals surface area contributed by atoms with Crippen molar-refractivity contribution in [2.45, 2.75) is 276 Å². The molecule has 10 rings (SSSR count). The van der Waals surface area contributed by atoms with Gasteiger partial charge < -0.3 is 0 Å². The Kier molecular flexibility index (Phi) is 38.7. The van der Waals surface area contributed by atoms with Crippen LogP contribution in [0, 0.1) is 137 Å². The lowest BCUT2D eigenvalue weighted by atomic mass is 9.83. The molecule has 0 spiro atoms. The van der Waals surface area contributed by atoms with Gasteiger partial charge in [-0.05, 0) is 293 Å².